The van der Waals surface area contributed by atoms with Crippen LogP contribution in [0.3, 0.4) is 0 Å². The average molecular weight is 346 g/mol. The number of ether oxygens (including phenoxy) is 1. The van der Waals surface area contributed by atoms with Gasteiger partial charge in [0.2, 0.25) is 10.0 Å². The summed E-state index contributed by atoms with van der Waals surface area (Å²) >= 11 is 0. The summed E-state index contributed by atoms with van der Waals surface area (Å²) in [6.45, 7) is 2.93. The van der Waals surface area contributed by atoms with Gasteiger partial charge in [0.05, 0.1) is 4.90 Å². The van der Waals surface area contributed by atoms with E-state index in [4.69, 9.17) is 4.74 Å². The van der Waals surface area contributed by atoms with Gasteiger partial charge in [-0.2, -0.15) is 4.31 Å². The molecule has 0 unspecified atom stereocenters. The molecule has 0 aliphatic heterocycles. The van der Waals surface area contributed by atoms with Crippen molar-refractivity contribution in [3.05, 3.63) is 30.1 Å². The lowest BCUT2D eigenvalue weighted by Gasteiger charge is -2.18. The lowest BCUT2D eigenvalue weighted by Crippen LogP contribution is -2.39. The number of halogens is 1. The largest absolute Gasteiger partial charge is 0.452 e. The summed E-state index contributed by atoms with van der Waals surface area (Å²) < 4.78 is 42.9. The van der Waals surface area contributed by atoms with Crippen LogP contribution >= 0.6 is 0 Å². The molecule has 7 nitrogen and oxygen atoms in total. The van der Waals surface area contributed by atoms with Crippen LogP contribution < -0.4 is 5.32 Å². The first-order chi connectivity index (χ1) is 10.7. The lowest BCUT2D eigenvalue weighted by atomic mass is 10.4. The Morgan fingerprint density at radius 1 is 1.30 bits per heavy atom. The third kappa shape index (κ3) is 5.29. The highest BCUT2D eigenvalue weighted by atomic mass is 32.2. The zero-order valence-electron chi connectivity index (χ0n) is 13.1. The molecule has 0 saturated carbocycles. The first kappa shape index (κ1) is 19.0. The van der Waals surface area contributed by atoms with Gasteiger partial charge in [0, 0.05) is 13.6 Å². The minimum atomic E-state index is -3.95. The smallest absolute Gasteiger partial charge is 0.322 e. The first-order valence-corrected chi connectivity index (χ1v) is 8.31. The Balaban J connectivity index is 2.70. The van der Waals surface area contributed by atoms with Gasteiger partial charge in [-0.05, 0) is 38.1 Å². The number of nitrogens with zero attached hydrogens (tertiary/aromatic N) is 1. The molecular formula is C14H19FN2O5S. The number of likely N-dealkylation sites (N-methyl/N-ethyl adjacent to an activating group) is 2. The van der Waals surface area contributed by atoms with E-state index in [0.717, 1.165) is 28.6 Å². The van der Waals surface area contributed by atoms with Crippen molar-refractivity contribution in [2.75, 3.05) is 20.1 Å². The third-order valence-corrected chi connectivity index (χ3v) is 4.72. The fourth-order valence-corrected chi connectivity index (χ4v) is 2.77. The summed E-state index contributed by atoms with van der Waals surface area (Å²) in [5, 5.41) is 2.48. The summed E-state index contributed by atoms with van der Waals surface area (Å²) in [6, 6.07) is 4.22. The van der Waals surface area contributed by atoms with Crippen molar-refractivity contribution in [2.45, 2.75) is 24.8 Å². The van der Waals surface area contributed by atoms with Crippen LogP contribution in [0.1, 0.15) is 13.8 Å². The fourth-order valence-electron chi connectivity index (χ4n) is 1.66. The molecule has 1 atom stereocenters. The first-order valence-electron chi connectivity index (χ1n) is 6.87. The molecule has 0 aromatic heterocycles. The van der Waals surface area contributed by atoms with Gasteiger partial charge in [0.25, 0.3) is 5.91 Å². The van der Waals surface area contributed by atoms with E-state index in [9.17, 15) is 22.4 Å². The van der Waals surface area contributed by atoms with Crippen molar-refractivity contribution >= 4 is 21.9 Å². The van der Waals surface area contributed by atoms with E-state index in [-0.39, 0.29) is 4.90 Å². The van der Waals surface area contributed by atoms with Crippen molar-refractivity contribution in [3.8, 4) is 0 Å². The topological polar surface area (TPSA) is 92.8 Å². The molecule has 0 saturated heterocycles. The molecule has 0 heterocycles. The van der Waals surface area contributed by atoms with E-state index >= 15 is 0 Å². The molecule has 9 heteroatoms. The van der Waals surface area contributed by atoms with Gasteiger partial charge in [0.1, 0.15) is 12.4 Å². The van der Waals surface area contributed by atoms with Crippen LogP contribution in [0.15, 0.2) is 29.2 Å². The van der Waals surface area contributed by atoms with Gasteiger partial charge in [0.15, 0.2) is 6.10 Å². The number of amides is 1. The number of carbonyl (C=O) groups is 2. The Bertz CT molecular complexity index is 660. The molecule has 128 valence electrons. The number of benzene rings is 1. The second kappa shape index (κ2) is 8.02. The minimum Gasteiger partial charge on any atom is -0.452 e. The molecule has 0 fully saturated rings. The monoisotopic (exact) mass is 346 g/mol. The van der Waals surface area contributed by atoms with Crippen LogP contribution in [0, 0.1) is 5.82 Å². The highest BCUT2D eigenvalue weighted by Gasteiger charge is 2.25. The zero-order valence-corrected chi connectivity index (χ0v) is 13.9. The summed E-state index contributed by atoms with van der Waals surface area (Å²) in [7, 11) is -2.76. The van der Waals surface area contributed by atoms with Crippen LogP contribution in [-0.4, -0.2) is 50.8 Å². The Labute approximate surface area is 134 Å². The predicted octanol–water partition coefficient (Wildman–Crippen LogP) is 0.514. The van der Waals surface area contributed by atoms with Gasteiger partial charge >= 0.3 is 5.97 Å². The van der Waals surface area contributed by atoms with Crippen molar-refractivity contribution in [2.24, 2.45) is 0 Å². The standard InChI is InChI=1S/C14H19FN2O5S/c1-4-16-14(19)10(2)22-13(18)9-17(3)23(20,21)12-7-5-11(15)6-8-12/h5-8,10H,4,9H2,1-3H3,(H,16,19)/t10-/m0/s1. The van der Waals surface area contributed by atoms with Crippen LogP contribution in [0.4, 0.5) is 4.39 Å². The lowest BCUT2D eigenvalue weighted by molar-refractivity contribution is -0.154. The molecule has 1 aromatic carbocycles. The number of esters is 1. The van der Waals surface area contributed by atoms with Crippen LogP contribution in [0.5, 0.6) is 0 Å². The van der Waals surface area contributed by atoms with Gasteiger partial charge in [-0.25, -0.2) is 12.8 Å². The maximum absolute atomic E-state index is 12.8. The van der Waals surface area contributed by atoms with E-state index in [0.29, 0.717) is 6.54 Å². The molecule has 0 spiro atoms. The van der Waals surface area contributed by atoms with Crippen molar-refractivity contribution in [1.29, 1.82) is 0 Å². The van der Waals surface area contributed by atoms with Crippen molar-refractivity contribution < 1.29 is 27.1 Å². The Kier molecular flexibility index (Phi) is 6.64. The summed E-state index contributed by atoms with van der Waals surface area (Å²) in [5.74, 6) is -1.90. The van der Waals surface area contributed by atoms with Crippen molar-refractivity contribution in [1.82, 2.24) is 9.62 Å². The Hall–Kier alpha value is -2.00. The number of nitrogens with one attached hydrogen (secondary N) is 1. The van der Waals surface area contributed by atoms with Gasteiger partial charge in [-0.15, -0.1) is 0 Å². The van der Waals surface area contributed by atoms with Crippen LogP contribution in [-0.2, 0) is 24.3 Å². The molecule has 0 radical (unpaired) electrons. The van der Waals surface area contributed by atoms with E-state index < -0.39 is 40.4 Å². The Morgan fingerprint density at radius 3 is 2.39 bits per heavy atom. The summed E-state index contributed by atoms with van der Waals surface area (Å²) in [5.41, 5.74) is 0. The SMILES string of the molecule is CCNC(=O)[C@H](C)OC(=O)CN(C)S(=O)(=O)c1ccc(F)cc1. The fraction of sp³-hybridized carbons (Fsp3) is 0.429. The maximum atomic E-state index is 12.8. The molecule has 1 amide bonds. The molecular weight excluding hydrogens is 327 g/mol. The zero-order chi connectivity index (χ0) is 17.6. The third-order valence-electron chi connectivity index (χ3n) is 2.90. The molecule has 1 aromatic rings. The van der Waals surface area contributed by atoms with Crippen molar-refractivity contribution in [3.63, 3.8) is 0 Å². The highest BCUT2D eigenvalue weighted by Crippen LogP contribution is 2.14. The van der Waals surface area contributed by atoms with E-state index in [1.165, 1.54) is 14.0 Å². The second-order valence-corrected chi connectivity index (χ2v) is 6.79. The summed E-state index contributed by atoms with van der Waals surface area (Å²) in [6.07, 6.45) is -1.02. The van der Waals surface area contributed by atoms with E-state index in [1.54, 1.807) is 6.92 Å². The molecule has 0 aliphatic carbocycles. The van der Waals surface area contributed by atoms with Crippen LogP contribution in [0.2, 0.25) is 0 Å². The maximum Gasteiger partial charge on any atom is 0.322 e. The number of carbonyl (C=O) groups excluding carboxylic acids is 2. The highest BCUT2D eigenvalue weighted by molar-refractivity contribution is 7.89. The Morgan fingerprint density at radius 2 is 1.87 bits per heavy atom. The van der Waals surface area contributed by atoms with Gasteiger partial charge in [-0.1, -0.05) is 0 Å². The number of sulfonamides is 1. The molecule has 0 bridgehead atoms. The molecule has 1 rings (SSSR count). The molecule has 1 N–H and O–H groups in total. The predicted molar refractivity (Wildman–Crippen MR) is 80.5 cm³/mol. The number of hydrogen-bond acceptors (Lipinski definition) is 5. The quantitative estimate of drug-likeness (QED) is 0.727. The summed E-state index contributed by atoms with van der Waals surface area (Å²) in [4.78, 5) is 23.0. The van der Waals surface area contributed by atoms with Gasteiger partial charge < -0.3 is 10.1 Å². The van der Waals surface area contributed by atoms with E-state index in [1.807, 2.05) is 0 Å². The molecule has 0 aliphatic rings. The normalized spacial score (nSPS) is 12.7. The van der Waals surface area contributed by atoms with E-state index in [2.05, 4.69) is 5.32 Å². The number of rotatable bonds is 7. The number of hydrogen-bond donors (Lipinski definition) is 1. The second-order valence-electron chi connectivity index (χ2n) is 4.74. The van der Waals surface area contributed by atoms with Crippen LogP contribution in [0.25, 0.3) is 0 Å². The minimum absolute atomic E-state index is 0.147. The average Bonchev–Trinajstić information content (AvgIpc) is 2.47. The van der Waals surface area contributed by atoms with Gasteiger partial charge in [-0.3, -0.25) is 9.59 Å². The molecule has 23 heavy (non-hydrogen) atoms.